The van der Waals surface area contributed by atoms with Crippen LogP contribution in [-0.2, 0) is 0 Å². The van der Waals surface area contributed by atoms with Crippen LogP contribution in [0.1, 0.15) is 32.6 Å². The van der Waals surface area contributed by atoms with Gasteiger partial charge in [-0.15, -0.1) is 23.2 Å². The van der Waals surface area contributed by atoms with E-state index in [-0.39, 0.29) is 5.41 Å². The maximum Gasteiger partial charge on any atom is 0.0291 e. The van der Waals surface area contributed by atoms with Crippen LogP contribution in [0.2, 0.25) is 0 Å². The van der Waals surface area contributed by atoms with Gasteiger partial charge in [0.05, 0.1) is 0 Å². The molecule has 0 amide bonds. The zero-order chi connectivity index (χ0) is 8.32. The van der Waals surface area contributed by atoms with Crippen molar-refractivity contribution in [3.05, 3.63) is 0 Å². The van der Waals surface area contributed by atoms with Gasteiger partial charge in [0.15, 0.2) is 0 Å². The summed E-state index contributed by atoms with van der Waals surface area (Å²) in [7, 11) is 0. The summed E-state index contributed by atoms with van der Waals surface area (Å²) >= 11 is 11.8. The van der Waals surface area contributed by atoms with Gasteiger partial charge in [0, 0.05) is 11.8 Å². The number of rotatable bonds is 3. The molecule has 0 nitrogen and oxygen atoms in total. The van der Waals surface area contributed by atoms with Crippen LogP contribution in [-0.4, -0.2) is 11.8 Å². The summed E-state index contributed by atoms with van der Waals surface area (Å²) in [6.07, 6.45) is 5.40. The van der Waals surface area contributed by atoms with Gasteiger partial charge in [-0.25, -0.2) is 0 Å². The zero-order valence-electron chi connectivity index (χ0n) is 7.08. The maximum absolute atomic E-state index is 5.90. The van der Waals surface area contributed by atoms with E-state index in [1.54, 1.807) is 0 Å². The van der Waals surface area contributed by atoms with Gasteiger partial charge < -0.3 is 0 Å². The minimum atomic E-state index is 0.194. The summed E-state index contributed by atoms with van der Waals surface area (Å²) in [5.41, 5.74) is 0.194. The first kappa shape index (κ1) is 9.67. The van der Waals surface area contributed by atoms with Crippen LogP contribution in [0.25, 0.3) is 0 Å². The van der Waals surface area contributed by atoms with E-state index in [2.05, 4.69) is 6.92 Å². The van der Waals surface area contributed by atoms with Crippen LogP contribution in [0.5, 0.6) is 0 Å². The highest BCUT2D eigenvalue weighted by Crippen LogP contribution is 2.41. The highest BCUT2D eigenvalue weighted by molar-refractivity contribution is 6.21. The Bertz CT molecular complexity index is 113. The fourth-order valence-electron chi connectivity index (χ4n) is 1.88. The second-order valence-corrected chi connectivity index (χ2v) is 4.44. The largest absolute Gasteiger partial charge is 0.126 e. The van der Waals surface area contributed by atoms with Crippen LogP contribution < -0.4 is 0 Å². The van der Waals surface area contributed by atoms with Gasteiger partial charge in [-0.3, -0.25) is 0 Å². The van der Waals surface area contributed by atoms with Gasteiger partial charge in [0.25, 0.3) is 0 Å². The van der Waals surface area contributed by atoms with Crippen molar-refractivity contribution in [2.75, 3.05) is 11.8 Å². The summed E-state index contributed by atoms with van der Waals surface area (Å²) in [6.45, 7) is 2.21. The third kappa shape index (κ3) is 2.03. The van der Waals surface area contributed by atoms with E-state index in [1.807, 2.05) is 0 Å². The quantitative estimate of drug-likeness (QED) is 0.603. The molecule has 0 aromatic heterocycles. The molecule has 1 aliphatic rings. The second-order valence-electron chi connectivity index (χ2n) is 3.90. The average molecular weight is 195 g/mol. The molecule has 11 heavy (non-hydrogen) atoms. The molecule has 0 radical (unpaired) electrons. The van der Waals surface area contributed by atoms with E-state index in [0.717, 1.165) is 5.92 Å². The molecule has 0 aliphatic heterocycles. The zero-order valence-corrected chi connectivity index (χ0v) is 8.59. The standard InChI is InChI=1S/C9H16Cl2/c1-9(6-10,7-11)8-4-2-3-5-8/h8H,2-7H2,1H3. The first-order valence-electron chi connectivity index (χ1n) is 4.35. The minimum Gasteiger partial charge on any atom is -0.126 e. The van der Waals surface area contributed by atoms with E-state index >= 15 is 0 Å². The third-order valence-corrected chi connectivity index (χ3v) is 4.17. The number of alkyl halides is 2. The molecule has 2 heteroatoms. The van der Waals surface area contributed by atoms with Gasteiger partial charge >= 0.3 is 0 Å². The van der Waals surface area contributed by atoms with Crippen LogP contribution in [0.4, 0.5) is 0 Å². The molecule has 0 saturated heterocycles. The topological polar surface area (TPSA) is 0 Å². The van der Waals surface area contributed by atoms with Crippen LogP contribution in [0.15, 0.2) is 0 Å². The van der Waals surface area contributed by atoms with Crippen molar-refractivity contribution in [1.82, 2.24) is 0 Å². The van der Waals surface area contributed by atoms with Crippen molar-refractivity contribution in [3.8, 4) is 0 Å². The molecule has 0 aromatic rings. The normalized spacial score (nSPS) is 21.0. The molecule has 0 aromatic carbocycles. The summed E-state index contributed by atoms with van der Waals surface area (Å²) in [5, 5.41) is 0. The number of halogens is 2. The smallest absolute Gasteiger partial charge is 0.0291 e. The molecule has 0 N–H and O–H groups in total. The molecule has 1 saturated carbocycles. The van der Waals surface area contributed by atoms with Crippen LogP contribution in [0.3, 0.4) is 0 Å². The lowest BCUT2D eigenvalue weighted by atomic mass is 9.79. The van der Waals surface area contributed by atoms with Crippen molar-refractivity contribution >= 4 is 23.2 Å². The minimum absolute atomic E-state index is 0.194. The lowest BCUT2D eigenvalue weighted by molar-refractivity contribution is 0.256. The van der Waals surface area contributed by atoms with Crippen molar-refractivity contribution in [3.63, 3.8) is 0 Å². The maximum atomic E-state index is 5.90. The Labute approximate surface area is 79.3 Å². The Hall–Kier alpha value is 0.580. The van der Waals surface area contributed by atoms with Crippen LogP contribution in [0, 0.1) is 11.3 Å². The fourth-order valence-corrected chi connectivity index (χ4v) is 2.60. The van der Waals surface area contributed by atoms with Crippen LogP contribution >= 0.6 is 23.2 Å². The lowest BCUT2D eigenvalue weighted by Gasteiger charge is -2.31. The number of hydrogen-bond acceptors (Lipinski definition) is 0. The second kappa shape index (κ2) is 4.00. The van der Waals surface area contributed by atoms with Gasteiger partial charge in [-0.2, -0.15) is 0 Å². The Morgan fingerprint density at radius 3 is 2.00 bits per heavy atom. The molecule has 0 atom stereocenters. The molecule has 0 unspecified atom stereocenters. The Morgan fingerprint density at radius 2 is 1.64 bits per heavy atom. The first-order chi connectivity index (χ1) is 5.23. The SMILES string of the molecule is CC(CCl)(CCl)C1CCCC1. The predicted molar refractivity (Wildman–Crippen MR) is 51.5 cm³/mol. The molecule has 1 aliphatic carbocycles. The van der Waals surface area contributed by atoms with E-state index in [0.29, 0.717) is 11.8 Å². The van der Waals surface area contributed by atoms with Crippen molar-refractivity contribution in [1.29, 1.82) is 0 Å². The van der Waals surface area contributed by atoms with E-state index in [9.17, 15) is 0 Å². The summed E-state index contributed by atoms with van der Waals surface area (Å²) in [6, 6.07) is 0. The van der Waals surface area contributed by atoms with E-state index in [1.165, 1.54) is 25.7 Å². The van der Waals surface area contributed by atoms with Gasteiger partial charge in [0.2, 0.25) is 0 Å². The van der Waals surface area contributed by atoms with E-state index < -0.39 is 0 Å². The summed E-state index contributed by atoms with van der Waals surface area (Å²) in [5.74, 6) is 2.19. The predicted octanol–water partition coefficient (Wildman–Crippen LogP) is 3.66. The Morgan fingerprint density at radius 1 is 1.18 bits per heavy atom. The van der Waals surface area contributed by atoms with Crippen molar-refractivity contribution in [2.45, 2.75) is 32.6 Å². The Balaban J connectivity index is 2.52. The van der Waals surface area contributed by atoms with Gasteiger partial charge in [-0.1, -0.05) is 19.8 Å². The highest BCUT2D eigenvalue weighted by atomic mass is 35.5. The molecular formula is C9H16Cl2. The summed E-state index contributed by atoms with van der Waals surface area (Å²) < 4.78 is 0. The molecule has 0 heterocycles. The van der Waals surface area contributed by atoms with Crippen molar-refractivity contribution in [2.24, 2.45) is 11.3 Å². The molecule has 0 bridgehead atoms. The lowest BCUT2D eigenvalue weighted by Crippen LogP contribution is -2.29. The van der Waals surface area contributed by atoms with Crippen molar-refractivity contribution < 1.29 is 0 Å². The molecule has 0 spiro atoms. The summed E-state index contributed by atoms with van der Waals surface area (Å²) in [4.78, 5) is 0. The number of hydrogen-bond donors (Lipinski definition) is 0. The molecular weight excluding hydrogens is 179 g/mol. The average Bonchev–Trinajstić information content (AvgIpc) is 2.55. The Kier molecular flexibility index (Phi) is 3.52. The molecule has 66 valence electrons. The highest BCUT2D eigenvalue weighted by Gasteiger charge is 2.34. The first-order valence-corrected chi connectivity index (χ1v) is 5.42. The molecule has 1 fully saturated rings. The fraction of sp³-hybridized carbons (Fsp3) is 1.00. The van der Waals surface area contributed by atoms with Gasteiger partial charge in [0.1, 0.15) is 0 Å². The van der Waals surface area contributed by atoms with E-state index in [4.69, 9.17) is 23.2 Å². The molecule has 1 rings (SSSR count). The van der Waals surface area contributed by atoms with Gasteiger partial charge in [-0.05, 0) is 24.2 Å². The monoisotopic (exact) mass is 194 g/mol. The third-order valence-electron chi connectivity index (χ3n) is 2.95.